The Balaban J connectivity index is 1.82. The van der Waals surface area contributed by atoms with Crippen LogP contribution in [0.15, 0.2) is 30.5 Å². The van der Waals surface area contributed by atoms with Crippen molar-refractivity contribution in [3.05, 3.63) is 53.0 Å². The third-order valence-electron chi connectivity index (χ3n) is 5.47. The van der Waals surface area contributed by atoms with Crippen molar-refractivity contribution in [2.24, 2.45) is 5.41 Å². The van der Waals surface area contributed by atoms with Gasteiger partial charge in [0.25, 0.3) is 11.8 Å². The maximum absolute atomic E-state index is 14.4. The van der Waals surface area contributed by atoms with Gasteiger partial charge in [-0.3, -0.25) is 14.6 Å². The van der Waals surface area contributed by atoms with Crippen molar-refractivity contribution in [1.29, 1.82) is 0 Å². The molecule has 5 nitrogen and oxygen atoms in total. The standard InChI is InChI=1S/C23H28FN3O2/c1-13-18(10-16(11-19(13)24)22(29)27-17-7-8-17)20-9-6-15(12-25-20)21(28)26-14(2)23(3,4)5/h6,9-12,14,17H,7-8H2,1-5H3,(H,26,28)(H,27,29). The molecule has 154 valence electrons. The van der Waals surface area contributed by atoms with Gasteiger partial charge >= 0.3 is 0 Å². The van der Waals surface area contributed by atoms with E-state index in [1.807, 2.05) is 6.92 Å². The van der Waals surface area contributed by atoms with Crippen LogP contribution >= 0.6 is 0 Å². The molecule has 1 fully saturated rings. The van der Waals surface area contributed by atoms with Gasteiger partial charge in [-0.25, -0.2) is 4.39 Å². The van der Waals surface area contributed by atoms with Crippen molar-refractivity contribution >= 4 is 11.8 Å². The summed E-state index contributed by atoms with van der Waals surface area (Å²) in [5.74, 6) is -0.933. The zero-order valence-electron chi connectivity index (χ0n) is 17.6. The first kappa shape index (κ1) is 21.0. The largest absolute Gasteiger partial charge is 0.349 e. The molecule has 1 unspecified atom stereocenters. The number of carbonyl (C=O) groups excluding carboxylic acids is 2. The van der Waals surface area contributed by atoms with E-state index in [0.717, 1.165) is 12.8 Å². The minimum Gasteiger partial charge on any atom is -0.349 e. The molecule has 0 aliphatic heterocycles. The molecule has 1 aliphatic carbocycles. The van der Waals surface area contributed by atoms with E-state index in [1.165, 1.54) is 12.3 Å². The van der Waals surface area contributed by atoms with Gasteiger partial charge in [-0.05, 0) is 61.9 Å². The number of carbonyl (C=O) groups is 2. The van der Waals surface area contributed by atoms with Gasteiger partial charge in [-0.2, -0.15) is 0 Å². The summed E-state index contributed by atoms with van der Waals surface area (Å²) in [5, 5.41) is 5.84. The molecule has 0 bridgehead atoms. The molecule has 1 aliphatic rings. The van der Waals surface area contributed by atoms with E-state index in [4.69, 9.17) is 0 Å². The van der Waals surface area contributed by atoms with Gasteiger partial charge in [-0.1, -0.05) is 20.8 Å². The fourth-order valence-electron chi connectivity index (χ4n) is 2.76. The first-order valence-corrected chi connectivity index (χ1v) is 9.94. The number of rotatable bonds is 5. The van der Waals surface area contributed by atoms with Crippen LogP contribution in [0, 0.1) is 18.2 Å². The van der Waals surface area contributed by atoms with Crippen molar-refractivity contribution in [1.82, 2.24) is 15.6 Å². The number of amides is 2. The second-order valence-corrected chi connectivity index (χ2v) is 8.87. The van der Waals surface area contributed by atoms with E-state index in [2.05, 4.69) is 36.4 Å². The molecule has 0 radical (unpaired) electrons. The molecule has 1 aromatic heterocycles. The monoisotopic (exact) mass is 397 g/mol. The first-order valence-electron chi connectivity index (χ1n) is 9.94. The van der Waals surface area contributed by atoms with E-state index < -0.39 is 5.82 Å². The van der Waals surface area contributed by atoms with E-state index in [1.54, 1.807) is 25.1 Å². The molecule has 29 heavy (non-hydrogen) atoms. The molecular weight excluding hydrogens is 369 g/mol. The lowest BCUT2D eigenvalue weighted by molar-refractivity contribution is 0.0908. The van der Waals surface area contributed by atoms with Crippen LogP contribution in [0.4, 0.5) is 4.39 Å². The lowest BCUT2D eigenvalue weighted by atomic mass is 9.88. The minimum atomic E-state index is -0.453. The Morgan fingerprint density at radius 3 is 2.38 bits per heavy atom. The molecule has 1 aromatic carbocycles. The quantitative estimate of drug-likeness (QED) is 0.792. The van der Waals surface area contributed by atoms with E-state index >= 15 is 0 Å². The Morgan fingerprint density at radius 2 is 1.83 bits per heavy atom. The van der Waals surface area contributed by atoms with Gasteiger partial charge in [0.2, 0.25) is 0 Å². The predicted molar refractivity (Wildman–Crippen MR) is 111 cm³/mol. The summed E-state index contributed by atoms with van der Waals surface area (Å²) in [6.07, 6.45) is 3.41. The number of nitrogens with one attached hydrogen (secondary N) is 2. The minimum absolute atomic E-state index is 0.00678. The van der Waals surface area contributed by atoms with Crippen LogP contribution in [0.2, 0.25) is 0 Å². The van der Waals surface area contributed by atoms with Crippen molar-refractivity contribution in [3.8, 4) is 11.3 Å². The second kappa shape index (κ2) is 7.93. The highest BCUT2D eigenvalue weighted by atomic mass is 19.1. The maximum Gasteiger partial charge on any atom is 0.253 e. The van der Waals surface area contributed by atoms with Crippen LogP contribution in [-0.4, -0.2) is 28.9 Å². The van der Waals surface area contributed by atoms with Crippen molar-refractivity contribution < 1.29 is 14.0 Å². The summed E-state index contributed by atoms with van der Waals surface area (Å²) in [6.45, 7) is 9.79. The summed E-state index contributed by atoms with van der Waals surface area (Å²) in [4.78, 5) is 29.1. The first-order chi connectivity index (χ1) is 13.6. The summed E-state index contributed by atoms with van der Waals surface area (Å²) in [6, 6.07) is 6.45. The number of hydrogen-bond donors (Lipinski definition) is 2. The van der Waals surface area contributed by atoms with Crippen LogP contribution < -0.4 is 10.6 Å². The molecule has 6 heteroatoms. The van der Waals surface area contributed by atoms with Gasteiger partial charge < -0.3 is 10.6 Å². The van der Waals surface area contributed by atoms with E-state index in [-0.39, 0.29) is 34.9 Å². The van der Waals surface area contributed by atoms with Crippen molar-refractivity contribution in [2.75, 3.05) is 0 Å². The summed E-state index contributed by atoms with van der Waals surface area (Å²) in [7, 11) is 0. The fraction of sp³-hybridized carbons (Fsp3) is 0.435. The lowest BCUT2D eigenvalue weighted by Gasteiger charge is -2.28. The van der Waals surface area contributed by atoms with Crippen molar-refractivity contribution in [3.63, 3.8) is 0 Å². The van der Waals surface area contributed by atoms with Crippen LogP contribution in [0.1, 0.15) is 66.8 Å². The zero-order valence-corrected chi connectivity index (χ0v) is 17.6. The van der Waals surface area contributed by atoms with Crippen LogP contribution in [0.5, 0.6) is 0 Å². The Morgan fingerprint density at radius 1 is 1.14 bits per heavy atom. The van der Waals surface area contributed by atoms with E-state index in [9.17, 15) is 14.0 Å². The maximum atomic E-state index is 14.4. The highest BCUT2D eigenvalue weighted by Gasteiger charge is 2.25. The van der Waals surface area contributed by atoms with Crippen molar-refractivity contribution in [2.45, 2.75) is 59.5 Å². The Labute approximate surface area is 171 Å². The van der Waals surface area contributed by atoms with E-state index in [0.29, 0.717) is 22.4 Å². The second-order valence-electron chi connectivity index (χ2n) is 8.87. The normalized spacial score (nSPS) is 15.0. The van der Waals surface area contributed by atoms with Gasteiger partial charge in [0.05, 0.1) is 11.3 Å². The smallest absolute Gasteiger partial charge is 0.253 e. The molecule has 2 amide bonds. The molecule has 2 N–H and O–H groups in total. The van der Waals surface area contributed by atoms with Gasteiger partial charge in [-0.15, -0.1) is 0 Å². The fourth-order valence-corrected chi connectivity index (χ4v) is 2.76. The highest BCUT2D eigenvalue weighted by Crippen LogP contribution is 2.27. The molecule has 1 heterocycles. The van der Waals surface area contributed by atoms with Crippen LogP contribution in [0.3, 0.4) is 0 Å². The molecule has 1 saturated carbocycles. The predicted octanol–water partition coefficient (Wildman–Crippen LogP) is 4.25. The van der Waals surface area contributed by atoms with Crippen LogP contribution in [0.25, 0.3) is 11.3 Å². The molecule has 2 aromatic rings. The highest BCUT2D eigenvalue weighted by molar-refractivity contribution is 5.96. The summed E-state index contributed by atoms with van der Waals surface area (Å²) in [5.41, 5.74) is 2.13. The summed E-state index contributed by atoms with van der Waals surface area (Å²) < 4.78 is 14.4. The molecule has 3 rings (SSSR count). The average Bonchev–Trinajstić information content (AvgIpc) is 3.47. The molecule has 0 spiro atoms. The Bertz CT molecular complexity index is 928. The van der Waals surface area contributed by atoms with Gasteiger partial charge in [0, 0.05) is 29.4 Å². The van der Waals surface area contributed by atoms with Gasteiger partial charge in [0.1, 0.15) is 5.82 Å². The number of benzene rings is 1. The van der Waals surface area contributed by atoms with Crippen LogP contribution in [-0.2, 0) is 0 Å². The third-order valence-corrected chi connectivity index (χ3v) is 5.47. The SMILES string of the molecule is Cc1c(F)cc(C(=O)NC2CC2)cc1-c1ccc(C(=O)NC(C)C(C)(C)C)cn1. The number of halogens is 1. The Kier molecular flexibility index (Phi) is 5.73. The topological polar surface area (TPSA) is 71.1 Å². The number of hydrogen-bond acceptors (Lipinski definition) is 3. The zero-order chi connectivity index (χ0) is 21.3. The van der Waals surface area contributed by atoms with Gasteiger partial charge in [0.15, 0.2) is 0 Å². The average molecular weight is 397 g/mol. The molecule has 0 saturated heterocycles. The molecular formula is C23H28FN3O2. The summed E-state index contributed by atoms with van der Waals surface area (Å²) >= 11 is 0. The number of pyridine rings is 1. The lowest BCUT2D eigenvalue weighted by Crippen LogP contribution is -2.41. The third kappa shape index (κ3) is 5.00. The molecule has 1 atom stereocenters. The Hall–Kier alpha value is -2.76. The number of aromatic nitrogens is 1. The number of nitrogens with zero attached hydrogens (tertiary/aromatic N) is 1.